The van der Waals surface area contributed by atoms with E-state index < -0.39 is 65.5 Å². The molecule has 0 heterocycles. The van der Waals surface area contributed by atoms with E-state index in [0.29, 0.717) is 51.2 Å². The molecule has 0 spiro atoms. The predicted octanol–water partition coefficient (Wildman–Crippen LogP) is 11.8. The Morgan fingerprint density at radius 3 is 0.522 bits per heavy atom. The third-order valence-corrected chi connectivity index (χ3v) is 13.7. The average Bonchev–Trinajstić information content (AvgIpc) is 1.48. The number of carbonyl (C=O) groups is 3. The van der Waals surface area contributed by atoms with E-state index in [2.05, 4.69) is 61.4 Å². The number of carboxylic acid groups (broad SMARTS) is 3. The monoisotopic (exact) mass is 1330 g/mol. The summed E-state index contributed by atoms with van der Waals surface area (Å²) in [5.74, 6) is -5.84. The van der Waals surface area contributed by atoms with Crippen LogP contribution >= 0.6 is 0 Å². The number of nitrogens with zero attached hydrogens (tertiary/aromatic N) is 12. The molecular weight excluding hydrogens is 1290 g/mol. The predicted molar refractivity (Wildman–Crippen MR) is 318 cm³/mol. The molecule has 0 aliphatic rings. The number of hydrogen-bond acceptors (Lipinski definition) is 27. The van der Waals surface area contributed by atoms with Crippen LogP contribution in [0.5, 0.6) is 17.2 Å². The van der Waals surface area contributed by atoms with Crippen LogP contribution in [0.1, 0.15) is 31.1 Å². The SMILES string of the molecule is O=C(O)c1cc(N=Nc2ccc(N=Nc3ccc(S(=O)(=O)[O-])cc3)cc2)ccc1[O-].O=C(O)c1cc(N=Nc2ccc(N=Nc3ccc(S(=O)(=O)[O-])cc3)cc2)ccc1[O-].O=C(O)c1cc(N=Nc2ccc(N=Nc3ccc(S(=O)(=O)[O-])cc3)cc2)ccc1[O-].[Al+3].[Al+3]. The average molecular weight is 1330 g/mol. The van der Waals surface area contributed by atoms with Crippen molar-refractivity contribution >= 4 is 151 Å². The summed E-state index contributed by atoms with van der Waals surface area (Å²) < 4.78 is 98.1. The molecule has 0 aliphatic carbocycles. The molecule has 0 aromatic heterocycles. The summed E-state index contributed by atoms with van der Waals surface area (Å²) in [7, 11) is -13.5. The molecular formula is C57H36Al2N12O18S3. The van der Waals surface area contributed by atoms with Gasteiger partial charge in [0.05, 0.1) is 99.6 Å². The van der Waals surface area contributed by atoms with Gasteiger partial charge < -0.3 is 44.3 Å². The summed E-state index contributed by atoms with van der Waals surface area (Å²) in [6.07, 6.45) is 0. The maximum atomic E-state index is 11.4. The van der Waals surface area contributed by atoms with Gasteiger partial charge in [0.15, 0.2) is 0 Å². The molecule has 0 saturated heterocycles. The van der Waals surface area contributed by atoms with Crippen LogP contribution in [0.4, 0.5) is 68.2 Å². The number of hydrogen-bond donors (Lipinski definition) is 3. The Morgan fingerprint density at radius 1 is 0.250 bits per heavy atom. The molecule has 0 radical (unpaired) electrons. The molecule has 0 amide bonds. The molecule has 9 rings (SSSR count). The fraction of sp³-hybridized carbons (Fsp3) is 0. The van der Waals surface area contributed by atoms with Gasteiger partial charge in [-0.15, -0.1) is 0 Å². The van der Waals surface area contributed by atoms with Gasteiger partial charge in [-0.3, -0.25) is 0 Å². The van der Waals surface area contributed by atoms with Crippen molar-refractivity contribution in [1.82, 2.24) is 0 Å². The van der Waals surface area contributed by atoms with Crippen LogP contribution in [-0.4, -0.2) is 107 Å². The van der Waals surface area contributed by atoms with Gasteiger partial charge in [-0.1, -0.05) is 35.4 Å². The zero-order valence-electron chi connectivity index (χ0n) is 46.3. The van der Waals surface area contributed by atoms with Crippen LogP contribution in [0.15, 0.2) is 276 Å². The van der Waals surface area contributed by atoms with Gasteiger partial charge in [0.1, 0.15) is 30.4 Å². The van der Waals surface area contributed by atoms with Crippen molar-refractivity contribution in [3.63, 3.8) is 0 Å². The molecule has 0 saturated carbocycles. The van der Waals surface area contributed by atoms with Crippen LogP contribution < -0.4 is 15.3 Å². The molecule has 9 aromatic carbocycles. The molecule has 35 heteroatoms. The van der Waals surface area contributed by atoms with Gasteiger partial charge >= 0.3 is 52.6 Å². The minimum absolute atomic E-state index is 0. The third kappa shape index (κ3) is 22.0. The normalized spacial score (nSPS) is 11.6. The summed E-state index contributed by atoms with van der Waals surface area (Å²) in [5.41, 5.74) is 3.43. The molecule has 456 valence electrons. The quantitative estimate of drug-likeness (QED) is 0.0408. The molecule has 30 nitrogen and oxygen atoms in total. The Kier molecular flexibility index (Phi) is 25.5. The number of benzene rings is 9. The Bertz CT molecular complexity index is 4200. The number of azo groups is 6. The second-order valence-corrected chi connectivity index (χ2v) is 21.7. The van der Waals surface area contributed by atoms with Gasteiger partial charge in [-0.2, -0.15) is 61.4 Å². The van der Waals surface area contributed by atoms with Gasteiger partial charge in [0.25, 0.3) is 0 Å². The van der Waals surface area contributed by atoms with Crippen molar-refractivity contribution in [3.8, 4) is 17.2 Å². The molecule has 9 aromatic rings. The van der Waals surface area contributed by atoms with Crippen LogP contribution in [0.25, 0.3) is 0 Å². The molecule has 0 bridgehead atoms. The number of rotatable bonds is 18. The number of carboxylic acids is 3. The standard InChI is InChI=1S/3C19H14N4O6S.2Al/c3*24-18-10-7-15(11-17(18)19(25)26)23-22-13-3-1-12(2-4-13)20-21-14-5-8-16(9-6-14)30(27,28)29;;/h3*1-11,24H,(H,25,26)(H,27,28,29);;/q;;;2*+3/p-6. The van der Waals surface area contributed by atoms with Crippen molar-refractivity contribution < 1.29 is 83.9 Å². The van der Waals surface area contributed by atoms with Gasteiger partial charge in [-0.25, -0.2) is 39.6 Å². The van der Waals surface area contributed by atoms with E-state index in [0.717, 1.165) is 72.8 Å². The fourth-order valence-electron chi connectivity index (χ4n) is 6.73. The first kappa shape index (κ1) is 71.9. The zero-order chi connectivity index (χ0) is 65.2. The van der Waals surface area contributed by atoms with E-state index >= 15 is 0 Å². The molecule has 92 heavy (non-hydrogen) atoms. The molecule has 0 fully saturated rings. The van der Waals surface area contributed by atoms with E-state index in [9.17, 15) is 68.6 Å². The third-order valence-electron chi connectivity index (χ3n) is 11.2. The maximum Gasteiger partial charge on any atom is 3.00 e. The van der Waals surface area contributed by atoms with Crippen LogP contribution in [0.3, 0.4) is 0 Å². The Labute approximate surface area is 542 Å². The fourth-order valence-corrected chi connectivity index (χ4v) is 8.14. The van der Waals surface area contributed by atoms with Crippen molar-refractivity contribution in [2.45, 2.75) is 14.7 Å². The minimum Gasteiger partial charge on any atom is -0.872 e. The summed E-state index contributed by atoms with van der Waals surface area (Å²) in [6, 6.07) is 45.1. The van der Waals surface area contributed by atoms with E-state index in [1.165, 1.54) is 54.6 Å². The largest absolute Gasteiger partial charge is 3.00 e. The summed E-state index contributed by atoms with van der Waals surface area (Å²) in [5, 5.41) is 109. The van der Waals surface area contributed by atoms with E-state index in [-0.39, 0.29) is 83.2 Å². The van der Waals surface area contributed by atoms with Crippen molar-refractivity contribution in [3.05, 3.63) is 217 Å². The van der Waals surface area contributed by atoms with Gasteiger partial charge in [0, 0.05) is 0 Å². The first-order chi connectivity index (χ1) is 42.7. The van der Waals surface area contributed by atoms with E-state index in [4.69, 9.17) is 15.3 Å². The molecule has 0 aliphatic heterocycles. The molecule has 0 atom stereocenters. The smallest absolute Gasteiger partial charge is 0.872 e. The Hall–Kier alpha value is -10.8. The van der Waals surface area contributed by atoms with Gasteiger partial charge in [-0.05, 0) is 182 Å². The van der Waals surface area contributed by atoms with E-state index in [1.807, 2.05) is 0 Å². The summed E-state index contributed by atoms with van der Waals surface area (Å²) >= 11 is 0. The second kappa shape index (κ2) is 32.6. The topological polar surface area (TPSA) is 501 Å². The minimum atomic E-state index is -4.51. The molecule has 0 unspecified atom stereocenters. The van der Waals surface area contributed by atoms with Crippen molar-refractivity contribution in [1.29, 1.82) is 0 Å². The first-order valence-corrected chi connectivity index (χ1v) is 29.0. The van der Waals surface area contributed by atoms with Crippen molar-refractivity contribution in [2.24, 2.45) is 61.4 Å². The summed E-state index contributed by atoms with van der Waals surface area (Å²) in [6.45, 7) is 0. The summed E-state index contributed by atoms with van der Waals surface area (Å²) in [4.78, 5) is 31.9. The van der Waals surface area contributed by atoms with Crippen LogP contribution in [0.2, 0.25) is 0 Å². The second-order valence-electron chi connectivity index (χ2n) is 17.6. The number of aromatic carboxylic acids is 3. The van der Waals surface area contributed by atoms with Gasteiger partial charge in [0.2, 0.25) is 0 Å². The van der Waals surface area contributed by atoms with Crippen molar-refractivity contribution in [2.75, 3.05) is 0 Å². The first-order valence-electron chi connectivity index (χ1n) is 24.8. The molecule has 3 N–H and O–H groups in total. The van der Waals surface area contributed by atoms with Crippen LogP contribution in [0, 0.1) is 0 Å². The van der Waals surface area contributed by atoms with E-state index in [1.54, 1.807) is 72.8 Å². The Morgan fingerprint density at radius 2 is 0.380 bits per heavy atom. The zero-order valence-corrected chi connectivity index (χ0v) is 51.0. The maximum absolute atomic E-state index is 11.4. The Balaban J connectivity index is 0.000000248. The van der Waals surface area contributed by atoms with Crippen LogP contribution in [-0.2, 0) is 30.4 Å².